The van der Waals surface area contributed by atoms with Gasteiger partial charge in [-0.1, -0.05) is 0 Å². The Hall–Kier alpha value is 0.160. The van der Waals surface area contributed by atoms with Crippen molar-refractivity contribution in [1.82, 2.24) is 0 Å². The van der Waals surface area contributed by atoms with Gasteiger partial charge >= 0.3 is 5.97 Å². The zero-order valence-corrected chi connectivity index (χ0v) is 11.6. The Labute approximate surface area is 103 Å². The summed E-state index contributed by atoms with van der Waals surface area (Å²) in [5.74, 6) is -0.148. The zero-order valence-electron chi connectivity index (χ0n) is 9.42. The number of esters is 1. The van der Waals surface area contributed by atoms with Crippen LogP contribution < -0.4 is 24.0 Å². The fraction of sp³-hybridized carbons (Fsp3) is 0.900. The van der Waals surface area contributed by atoms with Crippen molar-refractivity contribution < 1.29 is 38.0 Å². The van der Waals surface area contributed by atoms with E-state index in [4.69, 9.17) is 4.74 Å². The fourth-order valence-corrected chi connectivity index (χ4v) is 2.14. The van der Waals surface area contributed by atoms with Gasteiger partial charge in [0.2, 0.25) is 0 Å². The number of carbonyl (C=O) groups is 1. The quantitative estimate of drug-likeness (QED) is 0.341. The van der Waals surface area contributed by atoms with Crippen LogP contribution in [0.2, 0.25) is 0 Å². The van der Waals surface area contributed by atoms with Gasteiger partial charge in [0.25, 0.3) is 0 Å². The van der Waals surface area contributed by atoms with Gasteiger partial charge in [-0.15, -0.1) is 0 Å². The minimum absolute atomic E-state index is 0. The summed E-state index contributed by atoms with van der Waals surface area (Å²) >= 11 is 0. The molecule has 3 nitrogen and oxygen atoms in total. The highest BCUT2D eigenvalue weighted by molar-refractivity contribution is 5.66. The molecule has 0 bridgehead atoms. The van der Waals surface area contributed by atoms with E-state index in [-0.39, 0.29) is 36.0 Å². The first-order valence-electron chi connectivity index (χ1n) is 4.89. The van der Waals surface area contributed by atoms with Crippen LogP contribution in [-0.4, -0.2) is 43.7 Å². The van der Waals surface area contributed by atoms with Gasteiger partial charge in [0, 0.05) is 13.3 Å². The van der Waals surface area contributed by atoms with E-state index < -0.39 is 0 Å². The van der Waals surface area contributed by atoms with Crippen molar-refractivity contribution in [2.45, 2.75) is 38.3 Å². The number of likely N-dealkylation sites (N-methyl/N-ethyl adjacent to an activating group) is 1. The maximum Gasteiger partial charge on any atom is 0.303 e. The Morgan fingerprint density at radius 3 is 2.29 bits per heavy atom. The molecule has 0 N–H and O–H groups in total. The molecule has 4 heteroatoms. The van der Waals surface area contributed by atoms with Gasteiger partial charge in [-0.3, -0.25) is 4.79 Å². The molecule has 14 heavy (non-hydrogen) atoms. The smallest absolute Gasteiger partial charge is 0.303 e. The summed E-state index contributed by atoms with van der Waals surface area (Å²) in [6.45, 7) is 1.49. The molecule has 0 saturated heterocycles. The summed E-state index contributed by atoms with van der Waals surface area (Å²) in [7, 11) is 6.48. The molecule has 0 radical (unpaired) electrons. The van der Waals surface area contributed by atoms with E-state index in [0.29, 0.717) is 6.04 Å². The van der Waals surface area contributed by atoms with E-state index in [1.807, 2.05) is 0 Å². The average Bonchev–Trinajstić information content (AvgIpc) is 2.31. The minimum Gasteiger partial charge on any atom is -1.00 e. The lowest BCUT2D eigenvalue weighted by molar-refractivity contribution is -0.898. The fourth-order valence-electron chi connectivity index (χ4n) is 2.14. The Morgan fingerprint density at radius 2 is 1.86 bits per heavy atom. The first-order chi connectivity index (χ1) is 5.91. The number of halogens is 1. The van der Waals surface area contributed by atoms with Crippen molar-refractivity contribution in [3.63, 3.8) is 0 Å². The number of hydrogen-bond acceptors (Lipinski definition) is 2. The number of ether oxygens (including phenoxy) is 1. The Morgan fingerprint density at radius 1 is 1.29 bits per heavy atom. The lowest BCUT2D eigenvalue weighted by atomic mass is 10.1. The van der Waals surface area contributed by atoms with E-state index in [2.05, 4.69) is 21.1 Å². The molecule has 0 aromatic carbocycles. The van der Waals surface area contributed by atoms with Gasteiger partial charge in [-0.2, -0.15) is 0 Å². The number of hydrogen-bond donors (Lipinski definition) is 0. The summed E-state index contributed by atoms with van der Waals surface area (Å²) in [5, 5.41) is 0. The summed E-state index contributed by atoms with van der Waals surface area (Å²) in [4.78, 5) is 10.8. The van der Waals surface area contributed by atoms with Crippen LogP contribution in [0.15, 0.2) is 0 Å². The van der Waals surface area contributed by atoms with Gasteiger partial charge in [-0.25, -0.2) is 0 Å². The molecule has 0 spiro atoms. The monoisotopic (exact) mass is 313 g/mol. The molecule has 0 amide bonds. The van der Waals surface area contributed by atoms with Crippen molar-refractivity contribution in [2.24, 2.45) is 0 Å². The SMILES string of the molecule is CC(=O)O[C@H]1CCC[C@@H]1[N+](C)(C)C.[I-]. The molecule has 1 aliphatic rings. The minimum atomic E-state index is -0.148. The number of carbonyl (C=O) groups excluding carboxylic acids is 1. The normalized spacial score (nSPS) is 26.9. The number of rotatable bonds is 2. The molecule has 1 aliphatic carbocycles. The maximum absolute atomic E-state index is 10.8. The third kappa shape index (κ3) is 3.73. The summed E-state index contributed by atoms with van der Waals surface area (Å²) < 4.78 is 6.18. The topological polar surface area (TPSA) is 26.3 Å². The Kier molecular flexibility index (Phi) is 5.36. The van der Waals surface area contributed by atoms with Gasteiger partial charge in [-0.05, 0) is 12.8 Å². The van der Waals surface area contributed by atoms with Gasteiger partial charge in [0.05, 0.1) is 21.1 Å². The first kappa shape index (κ1) is 14.2. The second kappa shape index (κ2) is 5.30. The highest BCUT2D eigenvalue weighted by atomic mass is 127. The van der Waals surface area contributed by atoms with Crippen molar-refractivity contribution in [2.75, 3.05) is 21.1 Å². The maximum atomic E-state index is 10.8. The highest BCUT2D eigenvalue weighted by Crippen LogP contribution is 2.28. The third-order valence-electron chi connectivity index (χ3n) is 2.73. The molecular weight excluding hydrogens is 293 g/mol. The van der Waals surface area contributed by atoms with E-state index in [1.165, 1.54) is 19.8 Å². The van der Waals surface area contributed by atoms with E-state index in [1.54, 1.807) is 0 Å². The zero-order chi connectivity index (χ0) is 10.1. The van der Waals surface area contributed by atoms with Gasteiger partial charge in [0.1, 0.15) is 6.04 Å². The molecule has 0 aromatic rings. The summed E-state index contributed by atoms with van der Waals surface area (Å²) in [6, 6.07) is 0.476. The van der Waals surface area contributed by atoms with Gasteiger partial charge < -0.3 is 33.2 Å². The molecule has 0 aromatic heterocycles. The molecule has 0 heterocycles. The van der Waals surface area contributed by atoms with Crippen LogP contribution in [0.4, 0.5) is 0 Å². The molecular formula is C10H20INO2. The Balaban J connectivity index is 0.00000169. The molecule has 0 aliphatic heterocycles. The van der Waals surface area contributed by atoms with Crippen LogP contribution >= 0.6 is 0 Å². The Bertz CT molecular complexity index is 201. The van der Waals surface area contributed by atoms with Crippen molar-refractivity contribution in [3.05, 3.63) is 0 Å². The predicted molar refractivity (Wildman–Crippen MR) is 51.2 cm³/mol. The van der Waals surface area contributed by atoms with E-state index in [9.17, 15) is 4.79 Å². The third-order valence-corrected chi connectivity index (χ3v) is 2.73. The summed E-state index contributed by atoms with van der Waals surface area (Å²) in [5.41, 5.74) is 0. The molecule has 2 atom stereocenters. The standard InChI is InChI=1S/C10H20NO2.HI/c1-8(12)13-10-7-5-6-9(10)11(2,3)4;/h9-10H,5-7H2,1-4H3;1H/q+1;/p-1/t9-,10-;/m0./s1. The molecule has 1 saturated carbocycles. The second-order valence-electron chi connectivity index (χ2n) is 4.76. The van der Waals surface area contributed by atoms with Gasteiger partial charge in [0.15, 0.2) is 6.10 Å². The summed E-state index contributed by atoms with van der Waals surface area (Å²) in [6.07, 6.45) is 3.51. The van der Waals surface area contributed by atoms with Crippen molar-refractivity contribution in [1.29, 1.82) is 0 Å². The molecule has 0 unspecified atom stereocenters. The van der Waals surface area contributed by atoms with E-state index in [0.717, 1.165) is 10.9 Å². The number of quaternary nitrogens is 1. The molecule has 1 rings (SSSR count). The molecule has 84 valence electrons. The van der Waals surface area contributed by atoms with Crippen LogP contribution in [0.1, 0.15) is 26.2 Å². The van der Waals surface area contributed by atoms with Crippen LogP contribution in [0, 0.1) is 0 Å². The van der Waals surface area contributed by atoms with Crippen molar-refractivity contribution in [3.8, 4) is 0 Å². The van der Waals surface area contributed by atoms with Crippen LogP contribution in [0.25, 0.3) is 0 Å². The highest BCUT2D eigenvalue weighted by Gasteiger charge is 2.38. The van der Waals surface area contributed by atoms with Crippen LogP contribution in [0.3, 0.4) is 0 Å². The van der Waals surface area contributed by atoms with Crippen molar-refractivity contribution >= 4 is 5.97 Å². The average molecular weight is 313 g/mol. The largest absolute Gasteiger partial charge is 1.00 e. The first-order valence-corrected chi connectivity index (χ1v) is 4.89. The van der Waals surface area contributed by atoms with Crippen LogP contribution in [0.5, 0.6) is 0 Å². The predicted octanol–water partition coefficient (Wildman–Crippen LogP) is -1.82. The lowest BCUT2D eigenvalue weighted by Gasteiger charge is -2.34. The number of nitrogens with zero attached hydrogens (tertiary/aromatic N) is 1. The van der Waals surface area contributed by atoms with E-state index >= 15 is 0 Å². The van der Waals surface area contributed by atoms with Crippen LogP contribution in [-0.2, 0) is 9.53 Å². The lowest BCUT2D eigenvalue weighted by Crippen LogP contribution is -3.00. The molecule has 1 fully saturated rings. The second-order valence-corrected chi connectivity index (χ2v) is 4.76.